The van der Waals surface area contributed by atoms with Crippen LogP contribution in [0, 0.1) is 5.92 Å². The number of nitrogens with one attached hydrogen (secondary N) is 2. The SMILES string of the molecule is CC(C)C[C@@H](Nc1cn[nH]c(=O)c1Cl)C(=O)O. The number of anilines is 1. The van der Waals surface area contributed by atoms with Crippen molar-refractivity contribution in [1.82, 2.24) is 10.2 Å². The molecule has 0 amide bonds. The zero-order valence-electron chi connectivity index (χ0n) is 9.53. The van der Waals surface area contributed by atoms with E-state index < -0.39 is 17.6 Å². The maximum Gasteiger partial charge on any atom is 0.326 e. The van der Waals surface area contributed by atoms with Crippen LogP contribution in [0.4, 0.5) is 5.69 Å². The molecular formula is C10H14ClN3O3. The van der Waals surface area contributed by atoms with Crippen molar-refractivity contribution in [3.05, 3.63) is 21.6 Å². The smallest absolute Gasteiger partial charge is 0.326 e. The Hall–Kier alpha value is -1.56. The first kappa shape index (κ1) is 13.5. The minimum absolute atomic E-state index is 0.0880. The van der Waals surface area contributed by atoms with Crippen LogP contribution in [-0.2, 0) is 4.79 Å². The van der Waals surface area contributed by atoms with Gasteiger partial charge < -0.3 is 10.4 Å². The molecule has 0 bridgehead atoms. The molecule has 1 rings (SSSR count). The van der Waals surface area contributed by atoms with E-state index in [2.05, 4.69) is 15.5 Å². The van der Waals surface area contributed by atoms with E-state index in [-0.39, 0.29) is 16.6 Å². The van der Waals surface area contributed by atoms with Crippen molar-refractivity contribution < 1.29 is 9.90 Å². The fraction of sp³-hybridized carbons (Fsp3) is 0.500. The highest BCUT2D eigenvalue weighted by molar-refractivity contribution is 6.32. The predicted molar refractivity (Wildman–Crippen MR) is 64.4 cm³/mol. The van der Waals surface area contributed by atoms with Gasteiger partial charge in [-0.05, 0) is 12.3 Å². The Bertz CT molecular complexity index is 458. The molecule has 0 fully saturated rings. The Labute approximate surface area is 103 Å². The number of aromatic amines is 1. The Morgan fingerprint density at radius 1 is 1.65 bits per heavy atom. The molecule has 17 heavy (non-hydrogen) atoms. The Morgan fingerprint density at radius 2 is 2.29 bits per heavy atom. The fourth-order valence-corrected chi connectivity index (χ4v) is 1.51. The molecule has 0 aliphatic carbocycles. The number of carbonyl (C=O) groups is 1. The number of carboxylic acid groups (broad SMARTS) is 1. The maximum atomic E-state index is 11.2. The van der Waals surface area contributed by atoms with Gasteiger partial charge in [-0.2, -0.15) is 5.10 Å². The van der Waals surface area contributed by atoms with Crippen LogP contribution >= 0.6 is 11.6 Å². The molecule has 1 atom stereocenters. The minimum Gasteiger partial charge on any atom is -0.480 e. The molecule has 6 nitrogen and oxygen atoms in total. The second kappa shape index (κ2) is 5.67. The van der Waals surface area contributed by atoms with E-state index in [1.54, 1.807) is 0 Å². The molecular weight excluding hydrogens is 246 g/mol. The summed E-state index contributed by atoms with van der Waals surface area (Å²) in [5.74, 6) is -0.785. The number of halogens is 1. The summed E-state index contributed by atoms with van der Waals surface area (Å²) in [6.45, 7) is 3.82. The van der Waals surface area contributed by atoms with Gasteiger partial charge in [0.2, 0.25) is 0 Å². The summed E-state index contributed by atoms with van der Waals surface area (Å²) < 4.78 is 0. The number of aliphatic carboxylic acids is 1. The van der Waals surface area contributed by atoms with E-state index in [1.807, 2.05) is 13.8 Å². The predicted octanol–water partition coefficient (Wildman–Crippen LogP) is 1.33. The highest BCUT2D eigenvalue weighted by atomic mass is 35.5. The number of H-pyrrole nitrogens is 1. The van der Waals surface area contributed by atoms with Gasteiger partial charge in [-0.25, -0.2) is 9.89 Å². The number of hydrogen-bond donors (Lipinski definition) is 3. The van der Waals surface area contributed by atoms with Crippen LogP contribution in [0.2, 0.25) is 5.02 Å². The van der Waals surface area contributed by atoms with Gasteiger partial charge >= 0.3 is 5.97 Å². The number of carboxylic acids is 1. The van der Waals surface area contributed by atoms with Crippen LogP contribution in [0.1, 0.15) is 20.3 Å². The van der Waals surface area contributed by atoms with E-state index in [4.69, 9.17) is 16.7 Å². The zero-order valence-corrected chi connectivity index (χ0v) is 10.3. The molecule has 0 saturated carbocycles. The fourth-order valence-electron chi connectivity index (χ4n) is 1.36. The lowest BCUT2D eigenvalue weighted by molar-refractivity contribution is -0.138. The van der Waals surface area contributed by atoms with Gasteiger partial charge in [0.15, 0.2) is 0 Å². The van der Waals surface area contributed by atoms with Crippen LogP contribution in [0.5, 0.6) is 0 Å². The van der Waals surface area contributed by atoms with Gasteiger partial charge in [-0.3, -0.25) is 4.79 Å². The number of hydrogen-bond acceptors (Lipinski definition) is 4. The topological polar surface area (TPSA) is 95.1 Å². The molecule has 1 heterocycles. The van der Waals surface area contributed by atoms with Gasteiger partial charge in [0.25, 0.3) is 5.56 Å². The van der Waals surface area contributed by atoms with Crippen molar-refractivity contribution in [2.75, 3.05) is 5.32 Å². The quantitative estimate of drug-likeness (QED) is 0.742. The first-order chi connectivity index (χ1) is 7.91. The van der Waals surface area contributed by atoms with E-state index >= 15 is 0 Å². The third-order valence-corrected chi connectivity index (χ3v) is 2.51. The molecule has 7 heteroatoms. The molecule has 0 radical (unpaired) electrons. The van der Waals surface area contributed by atoms with Gasteiger partial charge in [0, 0.05) is 0 Å². The molecule has 94 valence electrons. The Balaban J connectivity index is 2.90. The van der Waals surface area contributed by atoms with Crippen LogP contribution in [-0.4, -0.2) is 27.3 Å². The summed E-state index contributed by atoms with van der Waals surface area (Å²) >= 11 is 5.74. The largest absolute Gasteiger partial charge is 0.480 e. The number of nitrogens with zero attached hydrogens (tertiary/aromatic N) is 1. The third kappa shape index (κ3) is 3.74. The summed E-state index contributed by atoms with van der Waals surface area (Å²) in [6.07, 6.45) is 1.72. The molecule has 0 spiro atoms. The summed E-state index contributed by atoms with van der Waals surface area (Å²) in [5, 5.41) is 17.4. The van der Waals surface area contributed by atoms with E-state index in [0.29, 0.717) is 6.42 Å². The second-order valence-corrected chi connectivity index (χ2v) is 4.47. The maximum absolute atomic E-state index is 11.2. The average Bonchev–Trinajstić information content (AvgIpc) is 2.22. The van der Waals surface area contributed by atoms with Gasteiger partial charge in [-0.15, -0.1) is 0 Å². The van der Waals surface area contributed by atoms with Crippen molar-refractivity contribution in [2.24, 2.45) is 5.92 Å². The lowest BCUT2D eigenvalue weighted by Crippen LogP contribution is -2.31. The van der Waals surface area contributed by atoms with Crippen molar-refractivity contribution in [3.63, 3.8) is 0 Å². The van der Waals surface area contributed by atoms with E-state index in [9.17, 15) is 9.59 Å². The zero-order chi connectivity index (χ0) is 13.0. The summed E-state index contributed by atoms with van der Waals surface area (Å²) in [5.41, 5.74) is -0.325. The lowest BCUT2D eigenvalue weighted by Gasteiger charge is -2.17. The van der Waals surface area contributed by atoms with Crippen LogP contribution < -0.4 is 10.9 Å². The summed E-state index contributed by atoms with van der Waals surface area (Å²) in [4.78, 5) is 22.2. The monoisotopic (exact) mass is 259 g/mol. The molecule has 0 unspecified atom stereocenters. The Kier molecular flexibility index (Phi) is 4.51. The van der Waals surface area contributed by atoms with Gasteiger partial charge in [0.1, 0.15) is 11.1 Å². The van der Waals surface area contributed by atoms with Gasteiger partial charge in [-0.1, -0.05) is 25.4 Å². The molecule has 1 aromatic rings. The number of aromatic nitrogens is 2. The molecule has 0 saturated heterocycles. The molecule has 0 aliphatic rings. The normalized spacial score (nSPS) is 12.5. The summed E-state index contributed by atoms with van der Waals surface area (Å²) in [6, 6.07) is -0.795. The van der Waals surface area contributed by atoms with Crippen molar-refractivity contribution in [3.8, 4) is 0 Å². The first-order valence-electron chi connectivity index (χ1n) is 5.14. The molecule has 3 N–H and O–H groups in total. The lowest BCUT2D eigenvalue weighted by atomic mass is 10.0. The first-order valence-corrected chi connectivity index (χ1v) is 5.52. The second-order valence-electron chi connectivity index (χ2n) is 4.09. The summed E-state index contributed by atoms with van der Waals surface area (Å²) in [7, 11) is 0. The van der Waals surface area contributed by atoms with Crippen LogP contribution in [0.3, 0.4) is 0 Å². The minimum atomic E-state index is -0.991. The van der Waals surface area contributed by atoms with E-state index in [1.165, 1.54) is 6.20 Å². The van der Waals surface area contributed by atoms with Crippen molar-refractivity contribution in [2.45, 2.75) is 26.3 Å². The van der Waals surface area contributed by atoms with Crippen molar-refractivity contribution in [1.29, 1.82) is 0 Å². The molecule has 0 aliphatic heterocycles. The van der Waals surface area contributed by atoms with Crippen molar-refractivity contribution >= 4 is 23.3 Å². The molecule has 1 aromatic heterocycles. The number of rotatable bonds is 5. The average molecular weight is 260 g/mol. The van der Waals surface area contributed by atoms with E-state index in [0.717, 1.165) is 0 Å². The van der Waals surface area contributed by atoms with Crippen LogP contribution in [0.25, 0.3) is 0 Å². The highest BCUT2D eigenvalue weighted by Crippen LogP contribution is 2.18. The van der Waals surface area contributed by atoms with Crippen LogP contribution in [0.15, 0.2) is 11.0 Å². The van der Waals surface area contributed by atoms with Gasteiger partial charge in [0.05, 0.1) is 11.9 Å². The standard InChI is InChI=1S/C10H14ClN3O3/c1-5(2)3-6(10(16)17)13-7-4-12-14-9(15)8(7)11/h4-6H,3H2,1-2H3,(H,16,17)(H2,13,14,15)/t6-/m1/s1. The Morgan fingerprint density at radius 3 is 2.82 bits per heavy atom. The molecule has 0 aromatic carbocycles. The third-order valence-electron chi connectivity index (χ3n) is 2.13. The highest BCUT2D eigenvalue weighted by Gasteiger charge is 2.20.